The molecule has 0 bridgehead atoms. The van der Waals surface area contributed by atoms with Gasteiger partial charge in [0.1, 0.15) is 0 Å². The van der Waals surface area contributed by atoms with Crippen molar-refractivity contribution in [1.29, 1.82) is 0 Å². The van der Waals surface area contributed by atoms with Crippen LogP contribution in [0.1, 0.15) is 41.6 Å². The van der Waals surface area contributed by atoms with Crippen LogP contribution in [-0.2, 0) is 5.41 Å². The Hall–Kier alpha value is -3.96. The summed E-state index contributed by atoms with van der Waals surface area (Å²) in [4.78, 5) is 37.2. The first-order chi connectivity index (χ1) is 21.4. The highest BCUT2D eigenvalue weighted by atomic mass is 32.2. The highest BCUT2D eigenvalue weighted by Gasteiger charge is 2.37. The molecular weight excluding hydrogens is 572 g/mol. The molecule has 0 saturated carbocycles. The van der Waals surface area contributed by atoms with E-state index in [1.54, 1.807) is 16.3 Å². The maximum atomic E-state index is 13.1. The van der Waals surface area contributed by atoms with Crippen molar-refractivity contribution in [3.63, 3.8) is 0 Å². The monoisotopic (exact) mass is 612 g/mol. The molecule has 4 heterocycles. The van der Waals surface area contributed by atoms with E-state index in [0.717, 1.165) is 68.9 Å². The van der Waals surface area contributed by atoms with Gasteiger partial charge in [0.05, 0.1) is 12.2 Å². The highest BCUT2D eigenvalue weighted by molar-refractivity contribution is 7.98. The van der Waals surface area contributed by atoms with Gasteiger partial charge in [0.15, 0.2) is 5.65 Å². The minimum atomic E-state index is -0.254. The number of benzene rings is 2. The van der Waals surface area contributed by atoms with Crippen molar-refractivity contribution in [3.8, 4) is 0 Å². The van der Waals surface area contributed by atoms with Crippen LogP contribution in [0.15, 0.2) is 76.9 Å². The van der Waals surface area contributed by atoms with Gasteiger partial charge in [0.2, 0.25) is 5.95 Å². The number of hydrogen-bond donors (Lipinski definition) is 1. The van der Waals surface area contributed by atoms with Crippen LogP contribution in [0, 0.1) is 4.91 Å². The van der Waals surface area contributed by atoms with Crippen LogP contribution in [0.3, 0.4) is 0 Å². The number of rotatable bonds is 9. The van der Waals surface area contributed by atoms with Crippen LogP contribution < -0.4 is 10.2 Å². The van der Waals surface area contributed by atoms with Gasteiger partial charge in [0.25, 0.3) is 5.91 Å². The van der Waals surface area contributed by atoms with Crippen LogP contribution in [0.2, 0.25) is 0 Å². The predicted molar refractivity (Wildman–Crippen MR) is 177 cm³/mol. The van der Waals surface area contributed by atoms with Crippen LogP contribution in [0.4, 0.5) is 17.3 Å². The fourth-order valence-corrected chi connectivity index (χ4v) is 6.96. The summed E-state index contributed by atoms with van der Waals surface area (Å²) in [5, 5.41) is 11.3. The number of carbonyl (C=O) groups is 1. The quantitative estimate of drug-likeness (QED) is 0.191. The third-order valence-corrected chi connectivity index (χ3v) is 10.2. The smallest absolute Gasteiger partial charge is 0.253 e. The molecule has 1 N–H and O–H groups in total. The Labute approximate surface area is 262 Å². The van der Waals surface area contributed by atoms with Gasteiger partial charge < -0.3 is 20.0 Å². The second kappa shape index (κ2) is 13.0. The summed E-state index contributed by atoms with van der Waals surface area (Å²) in [5.74, 6) is 0.540. The molecule has 0 radical (unpaired) electrons. The number of amides is 1. The molecule has 0 unspecified atom stereocenters. The molecular formula is C33H40N8O2S. The summed E-state index contributed by atoms with van der Waals surface area (Å²) < 4.78 is 1.79. The summed E-state index contributed by atoms with van der Waals surface area (Å²) in [6.45, 7) is 3.89. The first-order valence-corrected chi connectivity index (χ1v) is 16.5. The average molecular weight is 613 g/mol. The number of piperidine rings is 2. The lowest BCUT2D eigenvalue weighted by Gasteiger charge is -2.41. The lowest BCUT2D eigenvalue weighted by molar-refractivity contribution is 0.0659. The summed E-state index contributed by atoms with van der Waals surface area (Å²) in [5.41, 5.74) is 4.20. The fourth-order valence-electron chi connectivity index (χ4n) is 6.55. The van der Waals surface area contributed by atoms with Crippen molar-refractivity contribution < 1.29 is 4.79 Å². The Morgan fingerprint density at radius 3 is 2.41 bits per heavy atom. The van der Waals surface area contributed by atoms with E-state index in [4.69, 9.17) is 4.98 Å². The lowest BCUT2D eigenvalue weighted by Crippen LogP contribution is -2.44. The standard InChI is InChI=1S/C33H40N8O2S/c1-38-19-14-27(15-20-38)39(2)31(42)24-6-10-26(11-7-24)35-32-36-30-29(5-4-18-41(30)37-32)40-21-16-33(17-22-40,23-34-43)25-8-12-28(44-3)13-9-25/h4-13,18,27H,14-17,19-23H2,1-3H3,(H,35,37). The molecule has 2 aliphatic rings. The maximum absolute atomic E-state index is 13.1. The van der Waals surface area contributed by atoms with Crippen molar-refractivity contribution >= 4 is 40.6 Å². The fraction of sp³-hybridized carbons (Fsp3) is 0.424. The molecule has 4 aromatic rings. The Kier molecular flexibility index (Phi) is 8.86. The molecule has 0 atom stereocenters. The summed E-state index contributed by atoms with van der Waals surface area (Å²) >= 11 is 1.71. The van der Waals surface area contributed by atoms with Gasteiger partial charge >= 0.3 is 0 Å². The van der Waals surface area contributed by atoms with Crippen molar-refractivity contribution in [3.05, 3.63) is 82.9 Å². The number of nitrogens with zero attached hydrogens (tertiary/aromatic N) is 7. The zero-order chi connectivity index (χ0) is 30.7. The minimum absolute atomic E-state index is 0.0491. The van der Waals surface area contributed by atoms with Crippen molar-refractivity contribution in [2.75, 3.05) is 63.3 Å². The normalized spacial score (nSPS) is 17.5. The number of likely N-dealkylation sites (tertiary alicyclic amines) is 1. The number of nitroso groups, excluding NO2 is 1. The number of anilines is 3. The highest BCUT2D eigenvalue weighted by Crippen LogP contribution is 2.39. The molecule has 0 aliphatic carbocycles. The SMILES string of the molecule is CSc1ccc(C2(CN=O)CCN(c3cccn4nc(Nc5ccc(C(=O)N(C)C6CCN(C)CC6)cc5)nc34)CC2)cc1. The molecule has 2 fully saturated rings. The van der Waals surface area contributed by atoms with E-state index < -0.39 is 0 Å². The predicted octanol–water partition coefficient (Wildman–Crippen LogP) is 5.67. The van der Waals surface area contributed by atoms with E-state index in [9.17, 15) is 9.70 Å². The Morgan fingerprint density at radius 1 is 1.05 bits per heavy atom. The average Bonchev–Trinajstić information content (AvgIpc) is 3.48. The number of carbonyl (C=O) groups excluding carboxylic acids is 1. The topological polar surface area (TPSA) is 98.4 Å². The Morgan fingerprint density at radius 2 is 1.75 bits per heavy atom. The minimum Gasteiger partial charge on any atom is -0.368 e. The lowest BCUT2D eigenvalue weighted by atomic mass is 9.73. The van der Waals surface area contributed by atoms with Crippen LogP contribution >= 0.6 is 11.8 Å². The van der Waals surface area contributed by atoms with E-state index in [0.29, 0.717) is 11.5 Å². The molecule has 2 aromatic carbocycles. The number of hydrogen-bond acceptors (Lipinski definition) is 9. The first kappa shape index (κ1) is 30.1. The second-order valence-corrected chi connectivity index (χ2v) is 12.9. The van der Waals surface area contributed by atoms with Gasteiger partial charge in [-0.05, 0) is 106 Å². The maximum Gasteiger partial charge on any atom is 0.253 e. The third kappa shape index (κ3) is 6.16. The summed E-state index contributed by atoms with van der Waals surface area (Å²) in [6.07, 6.45) is 7.62. The number of fused-ring (bicyclic) bond motifs is 1. The van der Waals surface area contributed by atoms with Gasteiger partial charge in [0, 0.05) is 53.9 Å². The zero-order valence-electron chi connectivity index (χ0n) is 25.6. The molecule has 2 saturated heterocycles. The van der Waals surface area contributed by atoms with E-state index >= 15 is 0 Å². The first-order valence-electron chi connectivity index (χ1n) is 15.3. The zero-order valence-corrected chi connectivity index (χ0v) is 26.5. The van der Waals surface area contributed by atoms with Gasteiger partial charge in [-0.3, -0.25) is 4.79 Å². The number of nitrogens with one attached hydrogen (secondary N) is 1. The molecule has 6 rings (SSSR count). The third-order valence-electron chi connectivity index (χ3n) is 9.42. The van der Waals surface area contributed by atoms with Crippen LogP contribution in [-0.4, -0.2) is 89.4 Å². The molecule has 1 amide bonds. The molecule has 10 nitrogen and oxygen atoms in total. The molecule has 0 spiro atoms. The van der Waals surface area contributed by atoms with Gasteiger partial charge in [-0.1, -0.05) is 17.3 Å². The number of pyridine rings is 1. The molecule has 11 heteroatoms. The van der Waals surface area contributed by atoms with Crippen molar-refractivity contribution in [1.82, 2.24) is 24.4 Å². The summed E-state index contributed by atoms with van der Waals surface area (Å²) in [6, 6.07) is 20.4. The van der Waals surface area contributed by atoms with Gasteiger partial charge in [-0.2, -0.15) is 9.89 Å². The number of aromatic nitrogens is 3. The Bertz CT molecular complexity index is 1590. The largest absolute Gasteiger partial charge is 0.368 e. The van der Waals surface area contributed by atoms with Gasteiger partial charge in [-0.25, -0.2) is 4.52 Å². The molecule has 2 aliphatic heterocycles. The molecule has 230 valence electrons. The van der Waals surface area contributed by atoms with Gasteiger partial charge in [-0.15, -0.1) is 16.9 Å². The number of thioether (sulfide) groups is 1. The van der Waals surface area contributed by atoms with E-state index in [1.807, 2.05) is 48.5 Å². The van der Waals surface area contributed by atoms with Crippen molar-refractivity contribution in [2.45, 2.75) is 42.0 Å². The van der Waals surface area contributed by atoms with E-state index in [-0.39, 0.29) is 23.9 Å². The van der Waals surface area contributed by atoms with Crippen molar-refractivity contribution in [2.24, 2.45) is 5.18 Å². The second-order valence-electron chi connectivity index (χ2n) is 12.0. The molecule has 44 heavy (non-hydrogen) atoms. The molecule has 2 aromatic heterocycles. The van der Waals surface area contributed by atoms with Crippen LogP contribution in [0.5, 0.6) is 0 Å². The van der Waals surface area contributed by atoms with Crippen LogP contribution in [0.25, 0.3) is 5.65 Å². The van der Waals surface area contributed by atoms with E-state index in [1.165, 1.54) is 10.5 Å². The van der Waals surface area contributed by atoms with E-state index in [2.05, 4.69) is 69.0 Å². The Balaban J connectivity index is 1.13. The summed E-state index contributed by atoms with van der Waals surface area (Å²) in [7, 11) is 4.04.